The Kier molecular flexibility index (Phi) is 5.80. The molecule has 118 valence electrons. The van der Waals surface area contributed by atoms with E-state index in [1.807, 2.05) is 0 Å². The number of amides is 1. The molecule has 0 saturated carbocycles. The first-order chi connectivity index (χ1) is 9.80. The zero-order valence-electron chi connectivity index (χ0n) is 12.6. The van der Waals surface area contributed by atoms with Crippen molar-refractivity contribution in [1.29, 1.82) is 0 Å². The normalized spacial score (nSPS) is 20.2. The summed E-state index contributed by atoms with van der Waals surface area (Å²) in [5.41, 5.74) is 7.93. The van der Waals surface area contributed by atoms with Gasteiger partial charge in [0.2, 0.25) is 0 Å². The highest BCUT2D eigenvalue weighted by atomic mass is 16.6. The van der Waals surface area contributed by atoms with Gasteiger partial charge in [0.15, 0.2) is 6.04 Å². The van der Waals surface area contributed by atoms with Crippen LogP contribution in [0.15, 0.2) is 5.11 Å². The van der Waals surface area contributed by atoms with Crippen LogP contribution < -0.4 is 0 Å². The van der Waals surface area contributed by atoms with Crippen molar-refractivity contribution in [3.63, 3.8) is 0 Å². The maximum absolute atomic E-state index is 12.2. The Morgan fingerprint density at radius 2 is 2.14 bits per heavy atom. The van der Waals surface area contributed by atoms with E-state index >= 15 is 0 Å². The van der Waals surface area contributed by atoms with Crippen molar-refractivity contribution >= 4 is 12.1 Å². The van der Waals surface area contributed by atoms with Crippen LogP contribution in [0.4, 0.5) is 4.79 Å². The minimum atomic E-state index is -1.17. The first-order valence-corrected chi connectivity index (χ1v) is 6.49. The summed E-state index contributed by atoms with van der Waals surface area (Å²) in [5.74, 6) is -0.725. The number of azide groups is 1. The third kappa shape index (κ3) is 4.80. The minimum Gasteiger partial charge on any atom is -0.469 e. The largest absolute Gasteiger partial charge is 0.469 e. The van der Waals surface area contributed by atoms with Crippen LogP contribution in [0.3, 0.4) is 0 Å². The van der Waals surface area contributed by atoms with Gasteiger partial charge in [-0.3, -0.25) is 9.69 Å². The van der Waals surface area contributed by atoms with Gasteiger partial charge in [0.05, 0.1) is 26.4 Å². The van der Waals surface area contributed by atoms with Crippen molar-refractivity contribution in [3.05, 3.63) is 10.4 Å². The van der Waals surface area contributed by atoms with E-state index in [2.05, 4.69) is 14.8 Å². The van der Waals surface area contributed by atoms with Gasteiger partial charge in [0, 0.05) is 11.5 Å². The molecule has 0 bridgehead atoms. The Morgan fingerprint density at radius 1 is 1.48 bits per heavy atom. The molecule has 0 radical (unpaired) electrons. The SMILES string of the molecule is COC(=O)C(N=[N+]=[N-])[C@H]1COCCN1C(=O)OC(C)(C)C. The van der Waals surface area contributed by atoms with Gasteiger partial charge < -0.3 is 14.2 Å². The van der Waals surface area contributed by atoms with E-state index in [1.54, 1.807) is 20.8 Å². The molecule has 0 aromatic heterocycles. The van der Waals surface area contributed by atoms with Crippen LogP contribution in [0.2, 0.25) is 0 Å². The lowest BCUT2D eigenvalue weighted by Gasteiger charge is -2.38. The Morgan fingerprint density at radius 3 is 2.67 bits per heavy atom. The smallest absolute Gasteiger partial charge is 0.410 e. The first-order valence-electron chi connectivity index (χ1n) is 6.49. The summed E-state index contributed by atoms with van der Waals surface area (Å²) >= 11 is 0. The van der Waals surface area contributed by atoms with Crippen molar-refractivity contribution in [2.75, 3.05) is 26.9 Å². The molecular weight excluding hydrogens is 280 g/mol. The molecule has 9 heteroatoms. The molecule has 9 nitrogen and oxygen atoms in total. The molecular formula is C12H20N4O5. The number of hydrogen-bond acceptors (Lipinski definition) is 6. The number of ether oxygens (including phenoxy) is 3. The number of hydrogen-bond donors (Lipinski definition) is 0. The number of methoxy groups -OCH3 is 1. The van der Waals surface area contributed by atoms with Crippen LogP contribution in [-0.2, 0) is 19.0 Å². The molecule has 0 N–H and O–H groups in total. The maximum Gasteiger partial charge on any atom is 0.410 e. The van der Waals surface area contributed by atoms with E-state index in [-0.39, 0.29) is 13.2 Å². The summed E-state index contributed by atoms with van der Waals surface area (Å²) in [7, 11) is 1.18. The zero-order chi connectivity index (χ0) is 16.0. The summed E-state index contributed by atoms with van der Waals surface area (Å²) in [6.07, 6.45) is -0.585. The first kappa shape index (κ1) is 17.1. The van der Waals surface area contributed by atoms with Gasteiger partial charge in [0.1, 0.15) is 5.60 Å². The molecule has 0 aliphatic carbocycles. The highest BCUT2D eigenvalue weighted by molar-refractivity contribution is 5.78. The van der Waals surface area contributed by atoms with Gasteiger partial charge in [-0.15, -0.1) is 0 Å². The number of morpholine rings is 1. The van der Waals surface area contributed by atoms with Crippen LogP contribution in [0, 0.1) is 0 Å². The van der Waals surface area contributed by atoms with Crippen molar-refractivity contribution in [3.8, 4) is 0 Å². The lowest BCUT2D eigenvalue weighted by molar-refractivity contribution is -0.145. The lowest BCUT2D eigenvalue weighted by atomic mass is 10.1. The Hall–Kier alpha value is -1.99. The average Bonchev–Trinajstić information content (AvgIpc) is 2.42. The van der Waals surface area contributed by atoms with E-state index in [9.17, 15) is 9.59 Å². The highest BCUT2D eigenvalue weighted by Gasteiger charge is 2.39. The predicted octanol–water partition coefficient (Wildman–Crippen LogP) is 1.47. The average molecular weight is 300 g/mol. The zero-order valence-corrected chi connectivity index (χ0v) is 12.6. The van der Waals surface area contributed by atoms with Gasteiger partial charge in [-0.2, -0.15) is 0 Å². The van der Waals surface area contributed by atoms with Gasteiger partial charge in [0.25, 0.3) is 0 Å². The van der Waals surface area contributed by atoms with E-state index in [1.165, 1.54) is 12.0 Å². The fraction of sp³-hybridized carbons (Fsp3) is 0.833. The van der Waals surface area contributed by atoms with Crippen molar-refractivity contribution < 1.29 is 23.8 Å². The third-order valence-electron chi connectivity index (χ3n) is 2.78. The number of esters is 1. The third-order valence-corrected chi connectivity index (χ3v) is 2.78. The van der Waals surface area contributed by atoms with Crippen LogP contribution in [-0.4, -0.2) is 61.5 Å². The molecule has 1 unspecified atom stereocenters. The van der Waals surface area contributed by atoms with Crippen LogP contribution in [0.1, 0.15) is 20.8 Å². The predicted molar refractivity (Wildman–Crippen MR) is 72.5 cm³/mol. The summed E-state index contributed by atoms with van der Waals surface area (Å²) in [5, 5.41) is 3.42. The molecule has 2 atom stereocenters. The number of nitrogens with zero attached hydrogens (tertiary/aromatic N) is 4. The fourth-order valence-electron chi connectivity index (χ4n) is 1.89. The molecule has 1 rings (SSSR count). The topological polar surface area (TPSA) is 114 Å². The molecule has 1 fully saturated rings. The molecule has 1 aliphatic heterocycles. The lowest BCUT2D eigenvalue weighted by Crippen LogP contribution is -2.56. The van der Waals surface area contributed by atoms with E-state index in [0.29, 0.717) is 6.61 Å². The molecule has 1 saturated heterocycles. The van der Waals surface area contributed by atoms with E-state index < -0.39 is 29.7 Å². The summed E-state index contributed by atoms with van der Waals surface area (Å²) in [6, 6.07) is -1.93. The highest BCUT2D eigenvalue weighted by Crippen LogP contribution is 2.19. The number of carbonyl (C=O) groups excluding carboxylic acids is 2. The second kappa shape index (κ2) is 7.14. The Labute approximate surface area is 122 Å². The molecule has 1 amide bonds. The standard InChI is InChI=1S/C12H20N4O5/c1-12(2,3)21-11(18)16-5-6-20-7-8(16)9(14-15-13)10(17)19-4/h8-9H,5-7H2,1-4H3/t8-,9?/m1/s1. The quantitative estimate of drug-likeness (QED) is 0.339. The van der Waals surface area contributed by atoms with Crippen LogP contribution >= 0.6 is 0 Å². The molecule has 1 heterocycles. The van der Waals surface area contributed by atoms with Crippen LogP contribution in [0.25, 0.3) is 10.4 Å². The molecule has 0 spiro atoms. The second-order valence-electron chi connectivity index (χ2n) is 5.49. The van der Waals surface area contributed by atoms with Gasteiger partial charge in [-0.05, 0) is 26.3 Å². The van der Waals surface area contributed by atoms with Gasteiger partial charge >= 0.3 is 12.1 Å². The van der Waals surface area contributed by atoms with E-state index in [4.69, 9.17) is 15.0 Å². The molecule has 0 aromatic rings. The van der Waals surface area contributed by atoms with Crippen molar-refractivity contribution in [2.45, 2.75) is 38.5 Å². The maximum atomic E-state index is 12.2. The number of carbonyl (C=O) groups is 2. The second-order valence-corrected chi connectivity index (χ2v) is 5.49. The van der Waals surface area contributed by atoms with E-state index in [0.717, 1.165) is 0 Å². The summed E-state index contributed by atoms with van der Waals surface area (Å²) in [6.45, 7) is 5.86. The van der Waals surface area contributed by atoms with Gasteiger partial charge in [-0.25, -0.2) is 4.79 Å². The van der Waals surface area contributed by atoms with Crippen LogP contribution in [0.5, 0.6) is 0 Å². The monoisotopic (exact) mass is 300 g/mol. The molecule has 0 aromatic carbocycles. The molecule has 21 heavy (non-hydrogen) atoms. The fourth-order valence-corrected chi connectivity index (χ4v) is 1.89. The van der Waals surface area contributed by atoms with Gasteiger partial charge in [-0.1, -0.05) is 5.11 Å². The van der Waals surface area contributed by atoms with Crippen molar-refractivity contribution in [1.82, 2.24) is 4.90 Å². The minimum absolute atomic E-state index is 0.0675. The van der Waals surface area contributed by atoms with Crippen molar-refractivity contribution in [2.24, 2.45) is 5.11 Å². The summed E-state index contributed by atoms with van der Waals surface area (Å²) < 4.78 is 15.2. The Bertz CT molecular complexity index is 441. The Balaban J connectivity index is 2.96. The number of rotatable bonds is 3. The molecule has 1 aliphatic rings. The summed E-state index contributed by atoms with van der Waals surface area (Å²) in [4.78, 5) is 27.9.